The number of carbonyl (C=O) groups excluding carboxylic acids is 2. The number of likely N-dealkylation sites (tertiary alicyclic amines) is 1. The normalized spacial score (nSPS) is 15.9. The fourth-order valence-electron chi connectivity index (χ4n) is 3.15. The molecule has 142 valence electrons. The molecule has 0 aliphatic carbocycles. The first-order chi connectivity index (χ1) is 13.0. The molecule has 0 saturated carbocycles. The molecule has 1 N–H and O–H groups in total. The molecule has 1 heterocycles. The van der Waals surface area contributed by atoms with E-state index in [1.807, 2.05) is 30.3 Å². The SMILES string of the molecule is CC(Oc1ccc(F)cc1)C(=O)N1CCC(C(=O)Nc2ccccc2)CC1. The Balaban J connectivity index is 1.48. The summed E-state index contributed by atoms with van der Waals surface area (Å²) in [6, 6.07) is 14.9. The molecule has 2 aromatic rings. The van der Waals surface area contributed by atoms with Crippen molar-refractivity contribution in [3.05, 3.63) is 60.4 Å². The highest BCUT2D eigenvalue weighted by Crippen LogP contribution is 2.21. The fraction of sp³-hybridized carbons (Fsp3) is 0.333. The molecule has 2 amide bonds. The molecular weight excluding hydrogens is 347 g/mol. The summed E-state index contributed by atoms with van der Waals surface area (Å²) in [4.78, 5) is 26.7. The van der Waals surface area contributed by atoms with Gasteiger partial charge in [0.1, 0.15) is 11.6 Å². The van der Waals surface area contributed by atoms with Crippen molar-refractivity contribution in [2.75, 3.05) is 18.4 Å². The zero-order chi connectivity index (χ0) is 19.2. The van der Waals surface area contributed by atoms with Crippen molar-refractivity contribution in [1.82, 2.24) is 4.90 Å². The summed E-state index contributed by atoms with van der Waals surface area (Å²) in [6.07, 6.45) is 0.576. The van der Waals surface area contributed by atoms with Crippen LogP contribution in [0.1, 0.15) is 19.8 Å². The number of rotatable bonds is 5. The maximum atomic E-state index is 12.9. The van der Waals surface area contributed by atoms with Crippen LogP contribution in [0, 0.1) is 11.7 Å². The number of benzene rings is 2. The number of hydrogen-bond acceptors (Lipinski definition) is 3. The standard InChI is InChI=1S/C21H23FN2O3/c1-15(27-19-9-7-17(22)8-10-19)21(26)24-13-11-16(12-14-24)20(25)23-18-5-3-2-4-6-18/h2-10,15-16H,11-14H2,1H3,(H,23,25). The molecule has 1 unspecified atom stereocenters. The largest absolute Gasteiger partial charge is 0.481 e. The monoisotopic (exact) mass is 370 g/mol. The third-order valence-electron chi connectivity index (χ3n) is 4.69. The summed E-state index contributed by atoms with van der Waals surface area (Å²) >= 11 is 0. The molecule has 1 saturated heterocycles. The number of piperidine rings is 1. The van der Waals surface area contributed by atoms with Gasteiger partial charge in [0.15, 0.2) is 6.10 Å². The van der Waals surface area contributed by atoms with Gasteiger partial charge in [0.25, 0.3) is 5.91 Å². The van der Waals surface area contributed by atoms with Crippen LogP contribution in [0.2, 0.25) is 0 Å². The van der Waals surface area contributed by atoms with Gasteiger partial charge in [-0.15, -0.1) is 0 Å². The van der Waals surface area contributed by atoms with Crippen LogP contribution in [0.25, 0.3) is 0 Å². The smallest absolute Gasteiger partial charge is 0.263 e. The van der Waals surface area contributed by atoms with Gasteiger partial charge in [0.2, 0.25) is 5.91 Å². The van der Waals surface area contributed by atoms with Crippen molar-refractivity contribution >= 4 is 17.5 Å². The Kier molecular flexibility index (Phi) is 6.06. The predicted octanol–water partition coefficient (Wildman–Crippen LogP) is 3.47. The molecule has 5 nitrogen and oxygen atoms in total. The molecule has 2 aromatic carbocycles. The van der Waals surface area contributed by atoms with Crippen LogP contribution in [0.15, 0.2) is 54.6 Å². The van der Waals surface area contributed by atoms with E-state index in [1.165, 1.54) is 24.3 Å². The topological polar surface area (TPSA) is 58.6 Å². The van der Waals surface area contributed by atoms with Gasteiger partial charge < -0.3 is 15.0 Å². The number of nitrogens with zero attached hydrogens (tertiary/aromatic N) is 1. The van der Waals surface area contributed by atoms with E-state index in [-0.39, 0.29) is 23.5 Å². The van der Waals surface area contributed by atoms with Crippen molar-refractivity contribution in [1.29, 1.82) is 0 Å². The highest BCUT2D eigenvalue weighted by Gasteiger charge is 2.30. The summed E-state index contributed by atoms with van der Waals surface area (Å²) < 4.78 is 18.6. The van der Waals surface area contributed by atoms with Crippen LogP contribution in [0.3, 0.4) is 0 Å². The van der Waals surface area contributed by atoms with Gasteiger partial charge in [0, 0.05) is 24.7 Å². The zero-order valence-electron chi connectivity index (χ0n) is 15.2. The second-order valence-corrected chi connectivity index (χ2v) is 6.67. The first-order valence-corrected chi connectivity index (χ1v) is 9.10. The lowest BCUT2D eigenvalue weighted by atomic mass is 9.95. The number of nitrogens with one attached hydrogen (secondary N) is 1. The van der Waals surface area contributed by atoms with Crippen molar-refractivity contribution in [3.63, 3.8) is 0 Å². The first kappa shape index (κ1) is 18.9. The average Bonchev–Trinajstić information content (AvgIpc) is 2.70. The molecule has 3 rings (SSSR count). The van der Waals surface area contributed by atoms with Crippen LogP contribution >= 0.6 is 0 Å². The Morgan fingerprint density at radius 2 is 1.70 bits per heavy atom. The third kappa shape index (κ3) is 5.06. The van der Waals surface area contributed by atoms with E-state index in [0.717, 1.165) is 5.69 Å². The quantitative estimate of drug-likeness (QED) is 0.877. The van der Waals surface area contributed by atoms with Crippen molar-refractivity contribution < 1.29 is 18.7 Å². The highest BCUT2D eigenvalue weighted by molar-refractivity contribution is 5.92. The van der Waals surface area contributed by atoms with E-state index < -0.39 is 6.10 Å². The fourth-order valence-corrected chi connectivity index (χ4v) is 3.15. The molecule has 27 heavy (non-hydrogen) atoms. The van der Waals surface area contributed by atoms with E-state index in [0.29, 0.717) is 31.7 Å². The minimum Gasteiger partial charge on any atom is -0.481 e. The van der Waals surface area contributed by atoms with Crippen molar-refractivity contribution in [2.45, 2.75) is 25.9 Å². The number of halogens is 1. The third-order valence-corrected chi connectivity index (χ3v) is 4.69. The average molecular weight is 370 g/mol. The van der Waals surface area contributed by atoms with Gasteiger partial charge in [-0.2, -0.15) is 0 Å². The first-order valence-electron chi connectivity index (χ1n) is 9.10. The van der Waals surface area contributed by atoms with Gasteiger partial charge >= 0.3 is 0 Å². The molecule has 1 aliphatic heterocycles. The summed E-state index contributed by atoms with van der Waals surface area (Å²) in [7, 11) is 0. The van der Waals surface area contributed by atoms with Crippen molar-refractivity contribution in [2.24, 2.45) is 5.92 Å². The van der Waals surface area contributed by atoms with Crippen LogP contribution in [-0.2, 0) is 9.59 Å². The minimum atomic E-state index is -0.662. The summed E-state index contributed by atoms with van der Waals surface area (Å²) in [6.45, 7) is 2.71. The van der Waals surface area contributed by atoms with E-state index in [2.05, 4.69) is 5.32 Å². The Labute approximate surface area is 158 Å². The zero-order valence-corrected chi connectivity index (χ0v) is 15.2. The van der Waals surface area contributed by atoms with Crippen LogP contribution in [0.5, 0.6) is 5.75 Å². The molecule has 1 aliphatic rings. The van der Waals surface area contributed by atoms with Crippen LogP contribution in [-0.4, -0.2) is 35.9 Å². The van der Waals surface area contributed by atoms with Gasteiger partial charge in [-0.05, 0) is 56.2 Å². The Morgan fingerprint density at radius 1 is 1.07 bits per heavy atom. The summed E-state index contributed by atoms with van der Waals surface area (Å²) in [5.74, 6) is -0.140. The molecule has 6 heteroatoms. The lowest BCUT2D eigenvalue weighted by Gasteiger charge is -2.33. The van der Waals surface area contributed by atoms with E-state index in [1.54, 1.807) is 11.8 Å². The number of para-hydroxylation sites is 1. The van der Waals surface area contributed by atoms with E-state index >= 15 is 0 Å². The second-order valence-electron chi connectivity index (χ2n) is 6.67. The molecule has 1 atom stereocenters. The number of anilines is 1. The Morgan fingerprint density at radius 3 is 2.33 bits per heavy atom. The summed E-state index contributed by atoms with van der Waals surface area (Å²) in [5, 5.41) is 2.92. The number of ether oxygens (including phenoxy) is 1. The van der Waals surface area contributed by atoms with E-state index in [4.69, 9.17) is 4.74 Å². The van der Waals surface area contributed by atoms with Gasteiger partial charge in [-0.1, -0.05) is 18.2 Å². The number of hydrogen-bond donors (Lipinski definition) is 1. The van der Waals surface area contributed by atoms with Crippen LogP contribution in [0.4, 0.5) is 10.1 Å². The van der Waals surface area contributed by atoms with Crippen molar-refractivity contribution in [3.8, 4) is 5.75 Å². The highest BCUT2D eigenvalue weighted by atomic mass is 19.1. The molecular formula is C21H23FN2O3. The van der Waals surface area contributed by atoms with Crippen LogP contribution < -0.4 is 10.1 Å². The van der Waals surface area contributed by atoms with Gasteiger partial charge in [-0.3, -0.25) is 9.59 Å². The number of amides is 2. The molecule has 0 bridgehead atoms. The minimum absolute atomic E-state index is 0.0103. The lowest BCUT2D eigenvalue weighted by molar-refractivity contribution is -0.140. The second kappa shape index (κ2) is 8.66. The maximum absolute atomic E-state index is 12.9. The Hall–Kier alpha value is -2.89. The van der Waals surface area contributed by atoms with Gasteiger partial charge in [-0.25, -0.2) is 4.39 Å². The molecule has 0 aromatic heterocycles. The van der Waals surface area contributed by atoms with E-state index in [9.17, 15) is 14.0 Å². The summed E-state index contributed by atoms with van der Waals surface area (Å²) in [5.41, 5.74) is 0.780. The molecule has 0 radical (unpaired) electrons. The predicted molar refractivity (Wildman–Crippen MR) is 101 cm³/mol. The number of carbonyl (C=O) groups is 2. The lowest BCUT2D eigenvalue weighted by Crippen LogP contribution is -2.46. The van der Waals surface area contributed by atoms with Gasteiger partial charge in [0.05, 0.1) is 0 Å². The molecule has 0 spiro atoms. The molecule has 1 fully saturated rings. The Bertz CT molecular complexity index is 772. The maximum Gasteiger partial charge on any atom is 0.263 e.